The van der Waals surface area contributed by atoms with Gasteiger partial charge in [0.25, 0.3) is 0 Å². The zero-order chi connectivity index (χ0) is 15.1. The van der Waals surface area contributed by atoms with Crippen LogP contribution in [0.25, 0.3) is 0 Å². The minimum absolute atomic E-state index is 0.199. The molecule has 5 heteroatoms. The van der Waals surface area contributed by atoms with E-state index in [2.05, 4.69) is 5.32 Å². The first-order valence-corrected chi connectivity index (χ1v) is 6.87. The first kappa shape index (κ1) is 15.3. The van der Waals surface area contributed by atoms with Crippen LogP contribution in [0.4, 0.5) is 0 Å². The van der Waals surface area contributed by atoms with Crippen molar-refractivity contribution in [3.63, 3.8) is 0 Å². The number of rotatable bonds is 8. The predicted octanol–water partition coefficient (Wildman–Crippen LogP) is 2.80. The number of carboxylic acids is 1. The Morgan fingerprint density at radius 2 is 2.00 bits per heavy atom. The maximum atomic E-state index is 11.0. The lowest BCUT2D eigenvalue weighted by Crippen LogP contribution is -2.15. The molecule has 21 heavy (non-hydrogen) atoms. The van der Waals surface area contributed by atoms with Crippen molar-refractivity contribution in [1.82, 2.24) is 5.32 Å². The van der Waals surface area contributed by atoms with Gasteiger partial charge in [0, 0.05) is 13.2 Å². The topological polar surface area (TPSA) is 71.7 Å². The van der Waals surface area contributed by atoms with E-state index < -0.39 is 5.97 Å². The Bertz CT molecular complexity index is 591. The van der Waals surface area contributed by atoms with Crippen LogP contribution in [0.3, 0.4) is 0 Å². The summed E-state index contributed by atoms with van der Waals surface area (Å²) in [5.74, 6) is -0.540. The number of ether oxygens (including phenoxy) is 1. The number of aromatic carboxylic acids is 1. The van der Waals surface area contributed by atoms with Crippen LogP contribution >= 0.6 is 0 Å². The third-order valence-corrected chi connectivity index (χ3v) is 3.16. The van der Waals surface area contributed by atoms with Crippen molar-refractivity contribution < 1.29 is 19.1 Å². The molecule has 2 aromatic rings. The number of hydrogen-bond donors (Lipinski definition) is 2. The van der Waals surface area contributed by atoms with E-state index in [1.807, 2.05) is 31.2 Å². The van der Waals surface area contributed by atoms with Gasteiger partial charge in [-0.3, -0.25) is 0 Å². The third kappa shape index (κ3) is 4.18. The molecule has 0 atom stereocenters. The molecule has 0 unspecified atom stereocenters. The summed E-state index contributed by atoms with van der Waals surface area (Å²) >= 11 is 0. The van der Waals surface area contributed by atoms with E-state index in [-0.39, 0.29) is 5.56 Å². The van der Waals surface area contributed by atoms with Crippen LogP contribution in [0, 0.1) is 0 Å². The molecule has 5 nitrogen and oxygen atoms in total. The summed E-state index contributed by atoms with van der Waals surface area (Å²) in [7, 11) is 0. The Balaban J connectivity index is 1.94. The third-order valence-electron chi connectivity index (χ3n) is 3.16. The van der Waals surface area contributed by atoms with Crippen molar-refractivity contribution >= 4 is 5.97 Å². The summed E-state index contributed by atoms with van der Waals surface area (Å²) < 4.78 is 10.6. The zero-order valence-corrected chi connectivity index (χ0v) is 12.0. The van der Waals surface area contributed by atoms with Gasteiger partial charge in [-0.2, -0.15) is 0 Å². The molecular formula is C16H19NO4. The fourth-order valence-corrected chi connectivity index (χ4v) is 2.06. The molecule has 0 spiro atoms. The Kier molecular flexibility index (Phi) is 5.54. The normalized spacial score (nSPS) is 10.7. The number of carboxylic acid groups (broad SMARTS) is 1. The van der Waals surface area contributed by atoms with E-state index >= 15 is 0 Å². The molecule has 1 aromatic heterocycles. The zero-order valence-electron chi connectivity index (χ0n) is 12.0. The standard InChI is InChI=1S/C16H19NO4/c1-2-20-11-13-6-4-3-5-12(13)9-17-10-15-14(16(18)19)7-8-21-15/h3-8,17H,2,9-11H2,1H3,(H,18,19). The number of carbonyl (C=O) groups is 1. The Morgan fingerprint density at radius 3 is 2.71 bits per heavy atom. The fourth-order valence-electron chi connectivity index (χ4n) is 2.06. The summed E-state index contributed by atoms with van der Waals surface area (Å²) in [4.78, 5) is 11.0. The second-order valence-corrected chi connectivity index (χ2v) is 4.57. The molecule has 0 aliphatic heterocycles. The molecule has 0 fully saturated rings. The molecule has 2 rings (SSSR count). The Labute approximate surface area is 123 Å². The number of hydrogen-bond acceptors (Lipinski definition) is 4. The van der Waals surface area contributed by atoms with Crippen molar-refractivity contribution in [3.8, 4) is 0 Å². The quantitative estimate of drug-likeness (QED) is 0.782. The number of nitrogens with one attached hydrogen (secondary N) is 1. The van der Waals surface area contributed by atoms with Crippen molar-refractivity contribution in [2.75, 3.05) is 6.61 Å². The predicted molar refractivity (Wildman–Crippen MR) is 78.0 cm³/mol. The van der Waals surface area contributed by atoms with Crippen LogP contribution in [0.1, 0.15) is 34.2 Å². The highest BCUT2D eigenvalue weighted by Gasteiger charge is 2.12. The SMILES string of the molecule is CCOCc1ccccc1CNCc1occc1C(=O)O. The fraction of sp³-hybridized carbons (Fsp3) is 0.312. The van der Waals surface area contributed by atoms with Gasteiger partial charge in [0.15, 0.2) is 0 Å². The van der Waals surface area contributed by atoms with E-state index in [9.17, 15) is 4.79 Å². The van der Waals surface area contributed by atoms with E-state index in [0.717, 1.165) is 11.1 Å². The molecule has 0 saturated heterocycles. The minimum Gasteiger partial charge on any atom is -0.478 e. The highest BCUT2D eigenvalue weighted by atomic mass is 16.5. The lowest BCUT2D eigenvalue weighted by Gasteiger charge is -2.10. The first-order valence-electron chi connectivity index (χ1n) is 6.87. The molecule has 0 amide bonds. The summed E-state index contributed by atoms with van der Waals surface area (Å²) in [6.07, 6.45) is 1.39. The molecule has 0 aliphatic rings. The van der Waals surface area contributed by atoms with Crippen LogP contribution < -0.4 is 5.32 Å². The largest absolute Gasteiger partial charge is 0.478 e. The van der Waals surface area contributed by atoms with E-state index in [1.54, 1.807) is 0 Å². The summed E-state index contributed by atoms with van der Waals surface area (Å²) in [6.45, 7) is 4.22. The molecule has 0 aliphatic carbocycles. The van der Waals surface area contributed by atoms with Crippen molar-refractivity contribution in [1.29, 1.82) is 0 Å². The van der Waals surface area contributed by atoms with Crippen LogP contribution in [0.2, 0.25) is 0 Å². The summed E-state index contributed by atoms with van der Waals surface area (Å²) in [6, 6.07) is 9.47. The van der Waals surface area contributed by atoms with Crippen LogP contribution in [-0.4, -0.2) is 17.7 Å². The van der Waals surface area contributed by atoms with Crippen LogP contribution in [0.15, 0.2) is 41.0 Å². The number of benzene rings is 1. The van der Waals surface area contributed by atoms with Gasteiger partial charge in [0.2, 0.25) is 0 Å². The van der Waals surface area contributed by atoms with Gasteiger partial charge in [0.05, 0.1) is 19.4 Å². The van der Waals surface area contributed by atoms with Crippen molar-refractivity contribution in [2.45, 2.75) is 26.6 Å². The summed E-state index contributed by atoms with van der Waals surface area (Å²) in [5.41, 5.74) is 2.46. The average Bonchev–Trinajstić information content (AvgIpc) is 2.95. The van der Waals surface area contributed by atoms with Gasteiger partial charge < -0.3 is 19.6 Å². The van der Waals surface area contributed by atoms with Crippen molar-refractivity contribution in [2.24, 2.45) is 0 Å². The minimum atomic E-state index is -0.975. The molecule has 112 valence electrons. The highest BCUT2D eigenvalue weighted by Crippen LogP contribution is 2.12. The van der Waals surface area contributed by atoms with E-state index in [4.69, 9.17) is 14.3 Å². The van der Waals surface area contributed by atoms with Gasteiger partial charge in [-0.15, -0.1) is 0 Å². The van der Waals surface area contributed by atoms with Gasteiger partial charge in [-0.05, 0) is 24.1 Å². The average molecular weight is 289 g/mol. The van der Waals surface area contributed by atoms with E-state index in [0.29, 0.717) is 32.1 Å². The first-order chi connectivity index (χ1) is 10.2. The molecule has 1 aromatic carbocycles. The highest BCUT2D eigenvalue weighted by molar-refractivity contribution is 5.88. The lowest BCUT2D eigenvalue weighted by molar-refractivity contribution is 0.0694. The van der Waals surface area contributed by atoms with Crippen molar-refractivity contribution in [3.05, 3.63) is 59.0 Å². The molecule has 2 N–H and O–H groups in total. The second kappa shape index (κ2) is 7.61. The summed E-state index contributed by atoms with van der Waals surface area (Å²) in [5, 5.41) is 12.2. The number of furan rings is 1. The molecule has 0 bridgehead atoms. The lowest BCUT2D eigenvalue weighted by atomic mass is 10.1. The Hall–Kier alpha value is -2.11. The Morgan fingerprint density at radius 1 is 1.24 bits per heavy atom. The monoisotopic (exact) mass is 289 g/mol. The van der Waals surface area contributed by atoms with Crippen LogP contribution in [0.5, 0.6) is 0 Å². The van der Waals surface area contributed by atoms with E-state index in [1.165, 1.54) is 12.3 Å². The second-order valence-electron chi connectivity index (χ2n) is 4.57. The molecule has 1 heterocycles. The van der Waals surface area contributed by atoms with Gasteiger partial charge in [-0.1, -0.05) is 24.3 Å². The smallest absolute Gasteiger partial charge is 0.339 e. The molecule has 0 saturated carbocycles. The maximum absolute atomic E-state index is 11.0. The van der Waals surface area contributed by atoms with Gasteiger partial charge in [0.1, 0.15) is 11.3 Å². The molecular weight excluding hydrogens is 270 g/mol. The van der Waals surface area contributed by atoms with Gasteiger partial charge in [-0.25, -0.2) is 4.79 Å². The van der Waals surface area contributed by atoms with Gasteiger partial charge >= 0.3 is 5.97 Å². The molecule has 0 radical (unpaired) electrons. The maximum Gasteiger partial charge on any atom is 0.339 e. The van der Waals surface area contributed by atoms with Crippen LogP contribution in [-0.2, 0) is 24.4 Å².